The molecule has 0 heterocycles. The van der Waals surface area contributed by atoms with Crippen molar-refractivity contribution >= 4 is 5.97 Å². The highest BCUT2D eigenvalue weighted by atomic mass is 16.5. The van der Waals surface area contributed by atoms with Gasteiger partial charge in [-0.3, -0.25) is 0 Å². The summed E-state index contributed by atoms with van der Waals surface area (Å²) < 4.78 is 5.26. The van der Waals surface area contributed by atoms with Crippen molar-refractivity contribution in [3.05, 3.63) is 35.4 Å². The molecule has 0 spiro atoms. The van der Waals surface area contributed by atoms with E-state index < -0.39 is 0 Å². The number of ether oxygens (including phenoxy) is 1. The highest BCUT2D eigenvalue weighted by Crippen LogP contribution is 2.10. The van der Waals surface area contributed by atoms with Gasteiger partial charge in [0.1, 0.15) is 0 Å². The van der Waals surface area contributed by atoms with Crippen LogP contribution in [0.25, 0.3) is 0 Å². The lowest BCUT2D eigenvalue weighted by Crippen LogP contribution is -2.06. The van der Waals surface area contributed by atoms with Crippen LogP contribution in [-0.4, -0.2) is 24.3 Å². The summed E-state index contributed by atoms with van der Waals surface area (Å²) in [6.07, 6.45) is 8.42. The number of aryl methyl sites for hydroxylation is 1. The largest absolute Gasteiger partial charge is 0.462 e. The summed E-state index contributed by atoms with van der Waals surface area (Å²) in [5, 5.41) is 8.73. The molecule has 0 radical (unpaired) electrons. The molecule has 3 heteroatoms. The average Bonchev–Trinajstić information content (AvgIpc) is 2.52. The SMILES string of the molecule is CCCCCCOC(=O)c1ccc(CCCCCO)cc1. The van der Waals surface area contributed by atoms with Gasteiger partial charge in [0.25, 0.3) is 0 Å². The second-order valence-electron chi connectivity index (χ2n) is 5.43. The first kappa shape index (κ1) is 17.7. The van der Waals surface area contributed by atoms with E-state index in [0.29, 0.717) is 12.2 Å². The number of aliphatic hydroxyl groups is 1. The Labute approximate surface area is 128 Å². The number of hydrogen-bond donors (Lipinski definition) is 1. The average molecular weight is 292 g/mol. The molecule has 0 aromatic heterocycles. The van der Waals surface area contributed by atoms with E-state index in [9.17, 15) is 4.79 Å². The Morgan fingerprint density at radius 2 is 1.71 bits per heavy atom. The molecule has 3 nitrogen and oxygen atoms in total. The Kier molecular flexibility index (Phi) is 9.55. The van der Waals surface area contributed by atoms with Crippen molar-refractivity contribution in [3.8, 4) is 0 Å². The second-order valence-corrected chi connectivity index (χ2v) is 5.43. The summed E-state index contributed by atoms with van der Waals surface area (Å²) in [6.45, 7) is 2.95. The lowest BCUT2D eigenvalue weighted by atomic mass is 10.1. The Balaban J connectivity index is 2.27. The summed E-state index contributed by atoms with van der Waals surface area (Å²) in [4.78, 5) is 11.8. The van der Waals surface area contributed by atoms with Crippen LogP contribution in [0.4, 0.5) is 0 Å². The highest BCUT2D eigenvalue weighted by Gasteiger charge is 2.06. The van der Waals surface area contributed by atoms with Crippen molar-refractivity contribution in [2.75, 3.05) is 13.2 Å². The minimum atomic E-state index is -0.224. The molecule has 0 atom stereocenters. The number of benzene rings is 1. The number of carbonyl (C=O) groups is 1. The van der Waals surface area contributed by atoms with Crippen LogP contribution < -0.4 is 0 Å². The van der Waals surface area contributed by atoms with Crippen LogP contribution in [0.3, 0.4) is 0 Å². The van der Waals surface area contributed by atoms with Gasteiger partial charge in [0.05, 0.1) is 12.2 Å². The fourth-order valence-corrected chi connectivity index (χ4v) is 2.20. The minimum Gasteiger partial charge on any atom is -0.462 e. The molecule has 0 saturated carbocycles. The van der Waals surface area contributed by atoms with Crippen LogP contribution in [-0.2, 0) is 11.2 Å². The van der Waals surface area contributed by atoms with E-state index in [4.69, 9.17) is 9.84 Å². The molecule has 21 heavy (non-hydrogen) atoms. The van der Waals surface area contributed by atoms with Crippen molar-refractivity contribution in [1.82, 2.24) is 0 Å². The molecule has 0 aliphatic rings. The van der Waals surface area contributed by atoms with E-state index in [2.05, 4.69) is 6.92 Å². The number of unbranched alkanes of at least 4 members (excludes halogenated alkanes) is 5. The van der Waals surface area contributed by atoms with Crippen molar-refractivity contribution in [1.29, 1.82) is 0 Å². The molecule has 0 aliphatic heterocycles. The molecule has 0 bridgehead atoms. The van der Waals surface area contributed by atoms with Crippen LogP contribution in [0.15, 0.2) is 24.3 Å². The first-order chi connectivity index (χ1) is 10.3. The summed E-state index contributed by atoms with van der Waals surface area (Å²) in [5.41, 5.74) is 1.86. The molecule has 0 amide bonds. The zero-order valence-electron chi connectivity index (χ0n) is 13.1. The number of hydrogen-bond acceptors (Lipinski definition) is 3. The molecule has 0 saturated heterocycles. The van der Waals surface area contributed by atoms with Crippen LogP contribution in [0, 0.1) is 0 Å². The van der Waals surface area contributed by atoms with Crippen molar-refractivity contribution < 1.29 is 14.6 Å². The topological polar surface area (TPSA) is 46.5 Å². The molecule has 1 rings (SSSR count). The zero-order chi connectivity index (χ0) is 15.3. The number of carbonyl (C=O) groups excluding carboxylic acids is 1. The summed E-state index contributed by atoms with van der Waals surface area (Å²) >= 11 is 0. The normalized spacial score (nSPS) is 10.6. The highest BCUT2D eigenvalue weighted by molar-refractivity contribution is 5.89. The van der Waals surface area contributed by atoms with Gasteiger partial charge in [-0.2, -0.15) is 0 Å². The Bertz CT molecular complexity index is 384. The number of aliphatic hydroxyl groups excluding tert-OH is 1. The van der Waals surface area contributed by atoms with E-state index >= 15 is 0 Å². The van der Waals surface area contributed by atoms with Gasteiger partial charge in [0.2, 0.25) is 0 Å². The Hall–Kier alpha value is -1.35. The monoisotopic (exact) mass is 292 g/mol. The molecular weight excluding hydrogens is 264 g/mol. The summed E-state index contributed by atoms with van der Waals surface area (Å²) in [6, 6.07) is 7.67. The van der Waals surface area contributed by atoms with Crippen molar-refractivity contribution in [3.63, 3.8) is 0 Å². The molecular formula is C18H28O3. The number of rotatable bonds is 11. The van der Waals surface area contributed by atoms with Crippen molar-refractivity contribution in [2.24, 2.45) is 0 Å². The second kappa shape index (κ2) is 11.3. The van der Waals surface area contributed by atoms with Gasteiger partial charge in [-0.05, 0) is 43.4 Å². The standard InChI is InChI=1S/C18H28O3/c1-2-3-4-8-15-21-18(20)17-12-10-16(11-13-17)9-6-5-7-14-19/h10-13,19H,2-9,14-15H2,1H3. The molecule has 118 valence electrons. The third-order valence-corrected chi connectivity index (χ3v) is 3.54. The van der Waals surface area contributed by atoms with Crippen LogP contribution in [0.1, 0.15) is 67.8 Å². The number of esters is 1. The summed E-state index contributed by atoms with van der Waals surface area (Å²) in [7, 11) is 0. The zero-order valence-corrected chi connectivity index (χ0v) is 13.1. The maximum Gasteiger partial charge on any atom is 0.338 e. The van der Waals surface area contributed by atoms with Gasteiger partial charge in [-0.25, -0.2) is 4.79 Å². The van der Waals surface area contributed by atoms with E-state index in [1.54, 1.807) is 0 Å². The quantitative estimate of drug-likeness (QED) is 0.493. The molecule has 1 N–H and O–H groups in total. The predicted molar refractivity (Wildman–Crippen MR) is 85.5 cm³/mol. The van der Waals surface area contributed by atoms with Crippen molar-refractivity contribution in [2.45, 2.75) is 58.3 Å². The lowest BCUT2D eigenvalue weighted by Gasteiger charge is -2.06. The van der Waals surface area contributed by atoms with Gasteiger partial charge >= 0.3 is 5.97 Å². The van der Waals surface area contributed by atoms with Gasteiger partial charge in [0.15, 0.2) is 0 Å². The van der Waals surface area contributed by atoms with E-state index in [0.717, 1.165) is 38.5 Å². The van der Waals surface area contributed by atoms with E-state index in [-0.39, 0.29) is 12.6 Å². The minimum absolute atomic E-state index is 0.224. The van der Waals surface area contributed by atoms with Crippen LogP contribution >= 0.6 is 0 Å². The molecule has 1 aromatic rings. The molecule has 0 fully saturated rings. The summed E-state index contributed by atoms with van der Waals surface area (Å²) in [5.74, 6) is -0.224. The lowest BCUT2D eigenvalue weighted by molar-refractivity contribution is 0.0498. The van der Waals surface area contributed by atoms with E-state index in [1.165, 1.54) is 18.4 Å². The van der Waals surface area contributed by atoms with Crippen LogP contribution in [0.5, 0.6) is 0 Å². The molecule has 1 aromatic carbocycles. The molecule has 0 unspecified atom stereocenters. The van der Waals surface area contributed by atoms with Crippen LogP contribution in [0.2, 0.25) is 0 Å². The Morgan fingerprint density at radius 1 is 1.00 bits per heavy atom. The Morgan fingerprint density at radius 3 is 2.38 bits per heavy atom. The fraction of sp³-hybridized carbons (Fsp3) is 0.611. The van der Waals surface area contributed by atoms with Gasteiger partial charge in [0, 0.05) is 6.61 Å². The third-order valence-electron chi connectivity index (χ3n) is 3.54. The maximum absolute atomic E-state index is 11.8. The maximum atomic E-state index is 11.8. The third kappa shape index (κ3) is 7.86. The van der Waals surface area contributed by atoms with E-state index in [1.807, 2.05) is 24.3 Å². The predicted octanol–water partition coefficient (Wildman–Crippen LogP) is 4.13. The molecule has 0 aliphatic carbocycles. The van der Waals surface area contributed by atoms with Gasteiger partial charge < -0.3 is 9.84 Å². The first-order valence-corrected chi connectivity index (χ1v) is 8.15. The fourth-order valence-electron chi connectivity index (χ4n) is 2.20. The van der Waals surface area contributed by atoms with Gasteiger partial charge in [-0.1, -0.05) is 44.7 Å². The first-order valence-electron chi connectivity index (χ1n) is 8.15. The van der Waals surface area contributed by atoms with Gasteiger partial charge in [-0.15, -0.1) is 0 Å². The smallest absolute Gasteiger partial charge is 0.338 e.